The van der Waals surface area contributed by atoms with Crippen molar-refractivity contribution in [3.8, 4) is 34.0 Å². The van der Waals surface area contributed by atoms with Gasteiger partial charge in [0, 0.05) is 52.9 Å². The number of rotatable bonds is 11. The number of benzene rings is 2. The van der Waals surface area contributed by atoms with Gasteiger partial charge in [-0.05, 0) is 56.6 Å². The summed E-state index contributed by atoms with van der Waals surface area (Å²) in [5, 5.41) is 0. The normalized spacial score (nSPS) is 22.1. The highest BCUT2D eigenvalue weighted by molar-refractivity contribution is 5.99. The zero-order chi connectivity index (χ0) is 37.7. The molecule has 54 heavy (non-hydrogen) atoms. The fourth-order valence-corrected chi connectivity index (χ4v) is 8.66. The van der Waals surface area contributed by atoms with E-state index in [4.69, 9.17) is 29.9 Å². The molecule has 12 nitrogen and oxygen atoms in total. The van der Waals surface area contributed by atoms with Crippen molar-refractivity contribution in [3.63, 3.8) is 0 Å². The molecule has 4 aromatic rings. The Hall–Kier alpha value is -4.94. The van der Waals surface area contributed by atoms with E-state index in [1.54, 1.807) is 0 Å². The van der Waals surface area contributed by atoms with Gasteiger partial charge in [0.05, 0.1) is 41.9 Å². The maximum atomic E-state index is 13.1. The number of carbonyl (C=O) groups is 2. The van der Waals surface area contributed by atoms with Crippen molar-refractivity contribution < 1.29 is 23.8 Å². The summed E-state index contributed by atoms with van der Waals surface area (Å²) in [5.41, 5.74) is 14.3. The van der Waals surface area contributed by atoms with Crippen LogP contribution in [0.3, 0.4) is 0 Å². The van der Waals surface area contributed by atoms with Gasteiger partial charge in [0.25, 0.3) is 6.47 Å². The second-order valence-electron chi connectivity index (χ2n) is 15.9. The second kappa shape index (κ2) is 14.7. The molecular formula is C42H51N7O5. The zero-order valence-electron chi connectivity index (χ0n) is 31.8. The van der Waals surface area contributed by atoms with Gasteiger partial charge in [-0.3, -0.25) is 14.5 Å². The molecule has 2 unspecified atom stereocenters. The van der Waals surface area contributed by atoms with Gasteiger partial charge in [-0.2, -0.15) is 0 Å². The number of nitrogens with one attached hydrogen (secondary N) is 2. The minimum absolute atomic E-state index is 0.0150. The molecule has 1 amide bonds. The topological polar surface area (TPSA) is 152 Å². The van der Waals surface area contributed by atoms with E-state index in [9.17, 15) is 9.59 Å². The van der Waals surface area contributed by atoms with Gasteiger partial charge in [0.2, 0.25) is 5.91 Å². The molecule has 2 aromatic heterocycles. The fourth-order valence-electron chi connectivity index (χ4n) is 8.66. The molecule has 8 rings (SSSR count). The van der Waals surface area contributed by atoms with Crippen LogP contribution in [0.5, 0.6) is 11.5 Å². The number of likely N-dealkylation sites (tertiary alicyclic amines) is 2. The van der Waals surface area contributed by atoms with E-state index < -0.39 is 6.04 Å². The maximum absolute atomic E-state index is 13.1. The van der Waals surface area contributed by atoms with Crippen LogP contribution in [0.4, 0.5) is 0 Å². The number of amides is 1. The Morgan fingerprint density at radius 1 is 0.944 bits per heavy atom. The number of aromatic amines is 2. The highest BCUT2D eigenvalue weighted by Crippen LogP contribution is 2.47. The molecule has 0 bridgehead atoms. The summed E-state index contributed by atoms with van der Waals surface area (Å²) in [6, 6.07) is 12.0. The Kier molecular flexibility index (Phi) is 9.82. The van der Waals surface area contributed by atoms with Crippen molar-refractivity contribution in [2.45, 2.75) is 97.2 Å². The summed E-state index contributed by atoms with van der Waals surface area (Å²) in [6.45, 7) is 12.9. The summed E-state index contributed by atoms with van der Waals surface area (Å²) < 4.78 is 18.6. The van der Waals surface area contributed by atoms with Gasteiger partial charge < -0.3 is 34.8 Å². The summed E-state index contributed by atoms with van der Waals surface area (Å²) in [4.78, 5) is 45.2. The van der Waals surface area contributed by atoms with Crippen LogP contribution in [-0.4, -0.2) is 80.2 Å². The predicted molar refractivity (Wildman–Crippen MR) is 206 cm³/mol. The lowest BCUT2D eigenvalue weighted by atomic mass is 9.86. The Bertz CT molecular complexity index is 2070. The summed E-state index contributed by atoms with van der Waals surface area (Å²) >= 11 is 0. The van der Waals surface area contributed by atoms with Crippen LogP contribution in [0, 0.1) is 11.8 Å². The molecule has 5 atom stereocenters. The number of nitrogens with two attached hydrogens (primary N) is 1. The predicted octanol–water partition coefficient (Wildman–Crippen LogP) is 6.88. The number of carbonyl (C=O) groups excluding carboxylic acids is 2. The van der Waals surface area contributed by atoms with E-state index in [2.05, 4.69) is 72.0 Å². The van der Waals surface area contributed by atoms with E-state index in [-0.39, 0.29) is 36.2 Å². The monoisotopic (exact) mass is 733 g/mol. The molecule has 4 aliphatic rings. The van der Waals surface area contributed by atoms with Crippen molar-refractivity contribution in [3.05, 3.63) is 71.6 Å². The Labute approximate surface area is 316 Å². The number of hydrogen-bond acceptors (Lipinski definition) is 9. The molecule has 4 aliphatic heterocycles. The van der Waals surface area contributed by atoms with Crippen molar-refractivity contribution in [2.24, 2.45) is 17.6 Å². The van der Waals surface area contributed by atoms with E-state index in [0.29, 0.717) is 25.5 Å². The summed E-state index contributed by atoms with van der Waals surface area (Å²) in [7, 11) is 0. The minimum Gasteiger partial charge on any atom is -0.488 e. The lowest BCUT2D eigenvalue weighted by Gasteiger charge is -2.34. The largest absolute Gasteiger partial charge is 0.488 e. The lowest BCUT2D eigenvalue weighted by molar-refractivity contribution is -0.146. The van der Waals surface area contributed by atoms with Crippen LogP contribution < -0.4 is 15.2 Å². The van der Waals surface area contributed by atoms with Crippen LogP contribution in [0.1, 0.15) is 102 Å². The van der Waals surface area contributed by atoms with E-state index in [1.165, 1.54) is 0 Å². The first-order chi connectivity index (χ1) is 26.1. The number of fused-ring (bicyclic) bond motifs is 4. The first kappa shape index (κ1) is 36.1. The SMILES string of the molecule is CC(C)CC(OC=O)N1CCC[C@H]1c1ncc(-c2ccc3c(c2)OC(C)C2=C3COc3cc(-c4cnc([C@@H]5CCCN5C(=O)[C@@H](N)C(C)C)[nH]4)ccc32)[nH]1. The molecule has 0 spiro atoms. The quantitative estimate of drug-likeness (QED) is 0.140. The van der Waals surface area contributed by atoms with Crippen LogP contribution >= 0.6 is 0 Å². The molecular weight excluding hydrogens is 683 g/mol. The Morgan fingerprint density at radius 3 is 2.28 bits per heavy atom. The standard InChI is InChI=1S/C42H51N7O5/c1-23(2)16-37(53-22-50)48-14-6-8-33(48)40-44-20-32(46-40)27-10-12-28-30-21-52-35-17-26(11-13-29(35)38(30)25(5)54-36(28)18-27)31-19-45-41(47-31)34-9-7-15-49(34)42(51)39(43)24(3)4/h10-13,17-20,22-25,33-34,37,39H,6-9,14-16,21,43H2,1-5H3,(H,44,46)(H,45,47)/t25?,33-,34-,37?,39-/m0/s1. The van der Waals surface area contributed by atoms with Gasteiger partial charge in [-0.1, -0.05) is 52.0 Å². The van der Waals surface area contributed by atoms with Gasteiger partial charge in [0.1, 0.15) is 35.9 Å². The van der Waals surface area contributed by atoms with Crippen LogP contribution in [-0.2, 0) is 14.3 Å². The molecule has 12 heteroatoms. The molecule has 4 N–H and O–H groups in total. The first-order valence-corrected chi connectivity index (χ1v) is 19.4. The molecule has 0 saturated carbocycles. The van der Waals surface area contributed by atoms with Gasteiger partial charge in [0.15, 0.2) is 6.23 Å². The summed E-state index contributed by atoms with van der Waals surface area (Å²) in [5.74, 6) is 3.75. The van der Waals surface area contributed by atoms with Gasteiger partial charge in [-0.15, -0.1) is 0 Å². The van der Waals surface area contributed by atoms with Crippen molar-refractivity contribution in [2.75, 3.05) is 19.7 Å². The number of nitrogens with zero attached hydrogens (tertiary/aromatic N) is 4. The molecule has 0 aliphatic carbocycles. The van der Waals surface area contributed by atoms with E-state index in [1.807, 2.05) is 31.1 Å². The van der Waals surface area contributed by atoms with E-state index in [0.717, 1.165) is 107 Å². The van der Waals surface area contributed by atoms with Crippen molar-refractivity contribution in [1.29, 1.82) is 0 Å². The summed E-state index contributed by atoms with van der Waals surface area (Å²) in [6.07, 6.45) is 7.81. The molecule has 6 heterocycles. The Morgan fingerprint density at radius 2 is 1.59 bits per heavy atom. The van der Waals surface area contributed by atoms with E-state index >= 15 is 0 Å². The minimum atomic E-state index is -0.518. The molecule has 2 saturated heterocycles. The third kappa shape index (κ3) is 6.59. The van der Waals surface area contributed by atoms with Gasteiger partial charge in [-0.25, -0.2) is 9.97 Å². The first-order valence-electron chi connectivity index (χ1n) is 19.4. The van der Waals surface area contributed by atoms with Crippen LogP contribution in [0.15, 0.2) is 48.8 Å². The lowest BCUT2D eigenvalue weighted by Crippen LogP contribution is -2.46. The number of H-pyrrole nitrogens is 2. The number of ether oxygens (including phenoxy) is 3. The zero-order valence-corrected chi connectivity index (χ0v) is 31.8. The third-order valence-electron chi connectivity index (χ3n) is 11.5. The van der Waals surface area contributed by atoms with Crippen molar-refractivity contribution >= 4 is 23.5 Å². The van der Waals surface area contributed by atoms with Crippen LogP contribution in [0.2, 0.25) is 0 Å². The molecule has 2 aromatic carbocycles. The van der Waals surface area contributed by atoms with Gasteiger partial charge >= 0.3 is 0 Å². The number of aromatic nitrogens is 4. The highest BCUT2D eigenvalue weighted by atomic mass is 16.5. The fraction of sp³-hybridized carbons (Fsp3) is 0.476. The number of imidazole rings is 2. The molecule has 284 valence electrons. The second-order valence-corrected chi connectivity index (χ2v) is 15.9. The highest BCUT2D eigenvalue weighted by Gasteiger charge is 2.37. The van der Waals surface area contributed by atoms with Crippen molar-refractivity contribution in [1.82, 2.24) is 29.7 Å². The molecule has 2 fully saturated rings. The van der Waals surface area contributed by atoms with Crippen LogP contribution in [0.25, 0.3) is 33.7 Å². The maximum Gasteiger partial charge on any atom is 0.294 e. The smallest absolute Gasteiger partial charge is 0.294 e. The Balaban J connectivity index is 1.01. The number of hydrogen-bond donors (Lipinski definition) is 3. The average molecular weight is 734 g/mol. The average Bonchev–Trinajstić information content (AvgIpc) is 4.00. The molecule has 0 radical (unpaired) electrons. The third-order valence-corrected chi connectivity index (χ3v) is 11.5.